The van der Waals surface area contributed by atoms with Gasteiger partial charge in [-0.25, -0.2) is 0 Å². The maximum Gasteiger partial charge on any atom is 0.255 e. The summed E-state index contributed by atoms with van der Waals surface area (Å²) >= 11 is 1.63. The fraction of sp³-hybridized carbons (Fsp3) is 0.235. The van der Waals surface area contributed by atoms with Crippen LogP contribution in [0, 0.1) is 0 Å². The molecule has 0 aliphatic carbocycles. The molecule has 0 fully saturated rings. The minimum absolute atomic E-state index is 0. The highest BCUT2D eigenvalue weighted by molar-refractivity contribution is 7.99. The van der Waals surface area contributed by atoms with E-state index in [1.165, 1.54) is 0 Å². The van der Waals surface area contributed by atoms with Gasteiger partial charge in [0.05, 0.1) is 15.4 Å². The Morgan fingerprint density at radius 3 is 2.65 bits per heavy atom. The molecule has 0 unspecified atom stereocenters. The molecule has 1 aliphatic heterocycles. The van der Waals surface area contributed by atoms with Crippen molar-refractivity contribution in [3.8, 4) is 11.5 Å². The molecule has 0 saturated heterocycles. The van der Waals surface area contributed by atoms with Crippen molar-refractivity contribution in [3.63, 3.8) is 0 Å². The second-order valence-electron chi connectivity index (χ2n) is 5.34. The van der Waals surface area contributed by atoms with Gasteiger partial charge in [-0.15, -0.1) is 12.4 Å². The Balaban J connectivity index is 0.00000192. The smallest absolute Gasteiger partial charge is 0.255 e. The maximum absolute atomic E-state index is 12.4. The first-order valence-electron chi connectivity index (χ1n) is 7.16. The van der Waals surface area contributed by atoms with E-state index < -0.39 is 0 Å². The lowest BCUT2D eigenvalue weighted by atomic mass is 10.2. The van der Waals surface area contributed by atoms with Crippen molar-refractivity contribution >= 4 is 30.1 Å². The van der Waals surface area contributed by atoms with Crippen molar-refractivity contribution in [2.75, 3.05) is 27.2 Å². The third-order valence-corrected chi connectivity index (χ3v) is 4.45. The molecule has 2 aromatic rings. The van der Waals surface area contributed by atoms with Gasteiger partial charge in [0.15, 0.2) is 5.75 Å². The average molecular weight is 351 g/mol. The Kier molecular flexibility index (Phi) is 5.93. The number of fused-ring (bicyclic) bond motifs is 2. The molecule has 4 nitrogen and oxygen atoms in total. The first-order valence-corrected chi connectivity index (χ1v) is 7.97. The second-order valence-corrected chi connectivity index (χ2v) is 6.43. The summed E-state index contributed by atoms with van der Waals surface area (Å²) in [5, 5.41) is 2.93. The fourth-order valence-corrected chi connectivity index (χ4v) is 3.20. The van der Waals surface area contributed by atoms with Gasteiger partial charge in [-0.3, -0.25) is 4.79 Å². The molecule has 0 atom stereocenters. The highest BCUT2D eigenvalue weighted by atomic mass is 35.5. The van der Waals surface area contributed by atoms with Gasteiger partial charge < -0.3 is 15.0 Å². The van der Waals surface area contributed by atoms with Gasteiger partial charge in [-0.2, -0.15) is 0 Å². The predicted molar refractivity (Wildman–Crippen MR) is 95.2 cm³/mol. The number of halogens is 1. The van der Waals surface area contributed by atoms with Gasteiger partial charge in [0.2, 0.25) is 0 Å². The number of likely N-dealkylation sites (N-methyl/N-ethyl adjacent to an activating group) is 1. The molecular weight excluding hydrogens is 332 g/mol. The monoisotopic (exact) mass is 350 g/mol. The van der Waals surface area contributed by atoms with Crippen LogP contribution in [0.2, 0.25) is 0 Å². The summed E-state index contributed by atoms with van der Waals surface area (Å²) in [6.07, 6.45) is 0. The standard InChI is InChI=1S/C17H18N2O2S.ClH/c1-19(2)11-10-18-17(20)12-6-5-9-15-16(12)21-13-7-3-4-8-14(13)22-15;/h3-9H,10-11H2,1-2H3,(H,18,20);1H. The van der Waals surface area contributed by atoms with E-state index in [4.69, 9.17) is 4.74 Å². The van der Waals surface area contributed by atoms with E-state index in [1.807, 2.05) is 55.4 Å². The topological polar surface area (TPSA) is 41.6 Å². The van der Waals surface area contributed by atoms with Crippen molar-refractivity contribution < 1.29 is 9.53 Å². The molecule has 0 saturated carbocycles. The number of carbonyl (C=O) groups excluding carboxylic acids is 1. The van der Waals surface area contributed by atoms with Crippen molar-refractivity contribution in [2.24, 2.45) is 0 Å². The van der Waals surface area contributed by atoms with Crippen LogP contribution >= 0.6 is 24.2 Å². The fourth-order valence-electron chi connectivity index (χ4n) is 2.22. The van der Waals surface area contributed by atoms with Crippen LogP contribution in [0.1, 0.15) is 10.4 Å². The van der Waals surface area contributed by atoms with Crippen LogP contribution in [0.4, 0.5) is 0 Å². The normalized spacial score (nSPS) is 11.8. The molecule has 1 amide bonds. The third-order valence-electron chi connectivity index (χ3n) is 3.35. The SMILES string of the molecule is CN(C)CCNC(=O)c1cccc2c1Oc1ccccc1S2.Cl. The van der Waals surface area contributed by atoms with Gasteiger partial charge in [0.1, 0.15) is 5.75 Å². The van der Waals surface area contributed by atoms with Crippen LogP contribution in [0.25, 0.3) is 0 Å². The van der Waals surface area contributed by atoms with Crippen molar-refractivity contribution in [1.82, 2.24) is 10.2 Å². The van der Waals surface area contributed by atoms with Crippen molar-refractivity contribution in [2.45, 2.75) is 9.79 Å². The zero-order valence-corrected chi connectivity index (χ0v) is 14.7. The van der Waals surface area contributed by atoms with E-state index in [1.54, 1.807) is 17.8 Å². The minimum Gasteiger partial charge on any atom is -0.454 e. The lowest BCUT2D eigenvalue weighted by molar-refractivity contribution is 0.0948. The molecule has 122 valence electrons. The number of amides is 1. The molecule has 1 heterocycles. The third kappa shape index (κ3) is 3.99. The highest BCUT2D eigenvalue weighted by Crippen LogP contribution is 2.48. The lowest BCUT2D eigenvalue weighted by Crippen LogP contribution is -2.31. The number of benzene rings is 2. The average Bonchev–Trinajstić information content (AvgIpc) is 2.51. The number of ether oxygens (including phenoxy) is 1. The molecule has 0 radical (unpaired) electrons. The molecule has 23 heavy (non-hydrogen) atoms. The molecule has 2 aromatic carbocycles. The Morgan fingerprint density at radius 1 is 1.13 bits per heavy atom. The molecular formula is C17H19ClN2O2S. The second kappa shape index (κ2) is 7.73. The van der Waals surface area contributed by atoms with Gasteiger partial charge in [-0.05, 0) is 38.4 Å². The van der Waals surface area contributed by atoms with E-state index in [0.717, 1.165) is 22.1 Å². The molecule has 1 N–H and O–H groups in total. The quantitative estimate of drug-likeness (QED) is 0.779. The zero-order chi connectivity index (χ0) is 15.5. The Morgan fingerprint density at radius 2 is 1.87 bits per heavy atom. The summed E-state index contributed by atoms with van der Waals surface area (Å²) in [5.41, 5.74) is 0.582. The summed E-state index contributed by atoms with van der Waals surface area (Å²) in [5.74, 6) is 1.35. The van der Waals surface area contributed by atoms with E-state index >= 15 is 0 Å². The number of para-hydroxylation sites is 2. The van der Waals surface area contributed by atoms with Crippen LogP contribution in [0.3, 0.4) is 0 Å². The molecule has 0 bridgehead atoms. The Bertz CT molecular complexity index is 707. The first kappa shape index (κ1) is 17.7. The summed E-state index contributed by atoms with van der Waals surface area (Å²) in [7, 11) is 3.96. The molecule has 0 aromatic heterocycles. The number of rotatable bonds is 4. The molecule has 1 aliphatic rings. The number of carbonyl (C=O) groups is 1. The summed E-state index contributed by atoms with van der Waals surface area (Å²) < 4.78 is 5.97. The minimum atomic E-state index is -0.0984. The Labute approximate surface area is 146 Å². The van der Waals surface area contributed by atoms with Crippen molar-refractivity contribution in [3.05, 3.63) is 48.0 Å². The molecule has 6 heteroatoms. The largest absolute Gasteiger partial charge is 0.454 e. The maximum atomic E-state index is 12.4. The molecule has 0 spiro atoms. The van der Waals surface area contributed by atoms with Crippen LogP contribution < -0.4 is 10.1 Å². The summed E-state index contributed by atoms with van der Waals surface area (Å²) in [6, 6.07) is 13.5. The van der Waals surface area contributed by atoms with Gasteiger partial charge in [0, 0.05) is 13.1 Å². The summed E-state index contributed by atoms with van der Waals surface area (Å²) in [6.45, 7) is 1.42. The number of nitrogens with zero attached hydrogens (tertiary/aromatic N) is 1. The van der Waals surface area contributed by atoms with Gasteiger partial charge in [-0.1, -0.05) is 30.0 Å². The van der Waals surface area contributed by atoms with E-state index in [0.29, 0.717) is 17.9 Å². The summed E-state index contributed by atoms with van der Waals surface area (Å²) in [4.78, 5) is 16.5. The molecule has 3 rings (SSSR count). The van der Waals surface area contributed by atoms with Gasteiger partial charge in [0.25, 0.3) is 5.91 Å². The van der Waals surface area contributed by atoms with Crippen LogP contribution in [0.15, 0.2) is 52.3 Å². The van der Waals surface area contributed by atoms with Crippen LogP contribution in [-0.4, -0.2) is 38.0 Å². The predicted octanol–water partition coefficient (Wildman–Crippen LogP) is 3.66. The number of nitrogens with one attached hydrogen (secondary N) is 1. The van der Waals surface area contributed by atoms with Crippen LogP contribution in [-0.2, 0) is 0 Å². The van der Waals surface area contributed by atoms with E-state index in [2.05, 4.69) is 5.32 Å². The number of hydrogen-bond acceptors (Lipinski definition) is 4. The zero-order valence-electron chi connectivity index (χ0n) is 13.0. The first-order chi connectivity index (χ1) is 10.6. The van der Waals surface area contributed by atoms with Gasteiger partial charge >= 0.3 is 0 Å². The number of hydrogen-bond donors (Lipinski definition) is 1. The Hall–Kier alpha value is -1.69. The van der Waals surface area contributed by atoms with E-state index in [9.17, 15) is 4.79 Å². The van der Waals surface area contributed by atoms with Crippen LogP contribution in [0.5, 0.6) is 11.5 Å². The van der Waals surface area contributed by atoms with E-state index in [-0.39, 0.29) is 18.3 Å². The highest BCUT2D eigenvalue weighted by Gasteiger charge is 2.23. The lowest BCUT2D eigenvalue weighted by Gasteiger charge is -2.21. The van der Waals surface area contributed by atoms with Crippen molar-refractivity contribution in [1.29, 1.82) is 0 Å².